The summed E-state index contributed by atoms with van der Waals surface area (Å²) >= 11 is 0. The van der Waals surface area contributed by atoms with E-state index in [1.165, 1.54) is 17.1 Å². The molecule has 0 aromatic carbocycles. The van der Waals surface area contributed by atoms with E-state index in [2.05, 4.69) is 10.4 Å². The molecular weight excluding hydrogens is 262 g/mol. The van der Waals surface area contributed by atoms with Crippen LogP contribution in [0.3, 0.4) is 0 Å². The number of furan rings is 1. The SMILES string of the molecule is Cc1nn(C(C)C(=O)NCc2ccco2)cc1C(=O)O. The van der Waals surface area contributed by atoms with Crippen molar-refractivity contribution in [1.82, 2.24) is 15.1 Å². The third-order valence-electron chi connectivity index (χ3n) is 2.94. The van der Waals surface area contributed by atoms with Crippen LogP contribution in [0.4, 0.5) is 0 Å². The van der Waals surface area contributed by atoms with Crippen molar-refractivity contribution in [1.29, 1.82) is 0 Å². The Balaban J connectivity index is 2.03. The lowest BCUT2D eigenvalue weighted by molar-refractivity contribution is -0.124. The van der Waals surface area contributed by atoms with Crippen LogP contribution in [0.25, 0.3) is 0 Å². The predicted octanol–water partition coefficient (Wildman–Crippen LogP) is 1.36. The lowest BCUT2D eigenvalue weighted by atomic mass is 10.2. The van der Waals surface area contributed by atoms with E-state index < -0.39 is 12.0 Å². The minimum Gasteiger partial charge on any atom is -0.478 e. The molecule has 2 aromatic rings. The summed E-state index contributed by atoms with van der Waals surface area (Å²) in [6.07, 6.45) is 2.88. The Morgan fingerprint density at radius 3 is 2.85 bits per heavy atom. The number of aromatic carboxylic acids is 1. The van der Waals surface area contributed by atoms with Crippen molar-refractivity contribution < 1.29 is 19.1 Å². The number of nitrogens with one attached hydrogen (secondary N) is 1. The van der Waals surface area contributed by atoms with Crippen molar-refractivity contribution in [3.8, 4) is 0 Å². The molecule has 2 rings (SSSR count). The lowest BCUT2D eigenvalue weighted by Crippen LogP contribution is -2.30. The summed E-state index contributed by atoms with van der Waals surface area (Å²) in [6, 6.07) is 2.89. The van der Waals surface area contributed by atoms with Gasteiger partial charge in [-0.2, -0.15) is 5.10 Å². The lowest BCUT2D eigenvalue weighted by Gasteiger charge is -2.11. The standard InChI is InChI=1S/C13H15N3O4/c1-8-11(13(18)19)7-16(15-8)9(2)12(17)14-6-10-4-3-5-20-10/h3-5,7,9H,6H2,1-2H3,(H,14,17)(H,18,19). The average Bonchev–Trinajstić information content (AvgIpc) is 3.04. The van der Waals surface area contributed by atoms with Crippen LogP contribution in [0.2, 0.25) is 0 Å². The predicted molar refractivity (Wildman–Crippen MR) is 69.2 cm³/mol. The van der Waals surface area contributed by atoms with E-state index in [4.69, 9.17) is 9.52 Å². The van der Waals surface area contributed by atoms with Crippen LogP contribution in [-0.4, -0.2) is 26.8 Å². The zero-order valence-corrected chi connectivity index (χ0v) is 11.2. The van der Waals surface area contributed by atoms with E-state index in [0.29, 0.717) is 11.5 Å². The molecule has 0 saturated heterocycles. The Morgan fingerprint density at radius 2 is 2.30 bits per heavy atom. The van der Waals surface area contributed by atoms with E-state index in [1.807, 2.05) is 0 Å². The fraction of sp³-hybridized carbons (Fsp3) is 0.308. The Morgan fingerprint density at radius 1 is 1.55 bits per heavy atom. The summed E-state index contributed by atoms with van der Waals surface area (Å²) in [4.78, 5) is 22.9. The number of amides is 1. The highest BCUT2D eigenvalue weighted by atomic mass is 16.4. The highest BCUT2D eigenvalue weighted by Crippen LogP contribution is 2.11. The first-order chi connectivity index (χ1) is 9.49. The Kier molecular flexibility index (Phi) is 3.88. The van der Waals surface area contributed by atoms with Crippen LogP contribution in [0.5, 0.6) is 0 Å². The quantitative estimate of drug-likeness (QED) is 0.860. The maximum atomic E-state index is 12.0. The van der Waals surface area contributed by atoms with Gasteiger partial charge in [-0.15, -0.1) is 0 Å². The molecule has 1 atom stereocenters. The minimum atomic E-state index is -1.06. The molecule has 0 fully saturated rings. The molecule has 20 heavy (non-hydrogen) atoms. The van der Waals surface area contributed by atoms with Crippen LogP contribution in [0, 0.1) is 6.92 Å². The molecule has 2 N–H and O–H groups in total. The molecule has 0 aliphatic rings. The average molecular weight is 277 g/mol. The summed E-state index contributed by atoms with van der Waals surface area (Å²) in [7, 11) is 0. The second kappa shape index (κ2) is 5.60. The van der Waals surface area contributed by atoms with Gasteiger partial charge in [0.25, 0.3) is 0 Å². The Hall–Kier alpha value is -2.57. The summed E-state index contributed by atoms with van der Waals surface area (Å²) in [5.41, 5.74) is 0.471. The minimum absolute atomic E-state index is 0.0932. The van der Waals surface area contributed by atoms with Gasteiger partial charge in [0.05, 0.1) is 18.5 Å². The number of aromatic nitrogens is 2. The largest absolute Gasteiger partial charge is 0.478 e. The smallest absolute Gasteiger partial charge is 0.339 e. The maximum absolute atomic E-state index is 12.0. The Bertz CT molecular complexity index is 616. The number of rotatable bonds is 5. The normalized spacial score (nSPS) is 12.1. The first-order valence-corrected chi connectivity index (χ1v) is 6.08. The fourth-order valence-corrected chi connectivity index (χ4v) is 1.75. The van der Waals surface area contributed by atoms with Crippen LogP contribution in [-0.2, 0) is 11.3 Å². The van der Waals surface area contributed by atoms with Gasteiger partial charge in [-0.05, 0) is 26.0 Å². The molecule has 2 heterocycles. The van der Waals surface area contributed by atoms with Crippen molar-refractivity contribution >= 4 is 11.9 Å². The molecule has 0 radical (unpaired) electrons. The van der Waals surface area contributed by atoms with Gasteiger partial charge in [-0.3, -0.25) is 9.48 Å². The van der Waals surface area contributed by atoms with Crippen molar-refractivity contribution in [2.24, 2.45) is 0 Å². The van der Waals surface area contributed by atoms with E-state index in [0.717, 1.165) is 0 Å². The number of nitrogens with zero attached hydrogens (tertiary/aromatic N) is 2. The number of carbonyl (C=O) groups is 2. The van der Waals surface area contributed by atoms with Gasteiger partial charge in [0.15, 0.2) is 0 Å². The van der Waals surface area contributed by atoms with Crippen molar-refractivity contribution in [2.75, 3.05) is 0 Å². The van der Waals surface area contributed by atoms with Crippen molar-refractivity contribution in [2.45, 2.75) is 26.4 Å². The van der Waals surface area contributed by atoms with Gasteiger partial charge in [-0.25, -0.2) is 4.79 Å². The van der Waals surface area contributed by atoms with E-state index >= 15 is 0 Å². The van der Waals surface area contributed by atoms with Crippen LogP contribution >= 0.6 is 0 Å². The molecule has 0 saturated carbocycles. The summed E-state index contributed by atoms with van der Waals surface area (Å²) in [5, 5.41) is 15.7. The monoisotopic (exact) mass is 277 g/mol. The Labute approximate surface area is 115 Å². The number of hydrogen-bond acceptors (Lipinski definition) is 4. The first-order valence-electron chi connectivity index (χ1n) is 6.08. The number of hydrogen-bond donors (Lipinski definition) is 2. The molecule has 1 unspecified atom stereocenters. The zero-order valence-electron chi connectivity index (χ0n) is 11.2. The summed E-state index contributed by atoms with van der Waals surface area (Å²) < 4.78 is 6.45. The molecule has 0 aliphatic heterocycles. The summed E-state index contributed by atoms with van der Waals surface area (Å²) in [6.45, 7) is 3.52. The van der Waals surface area contributed by atoms with Gasteiger partial charge in [0, 0.05) is 6.20 Å². The molecule has 0 spiro atoms. The van der Waals surface area contributed by atoms with E-state index in [9.17, 15) is 9.59 Å². The maximum Gasteiger partial charge on any atom is 0.339 e. The highest BCUT2D eigenvalue weighted by molar-refractivity contribution is 5.88. The van der Waals surface area contributed by atoms with E-state index in [1.54, 1.807) is 26.0 Å². The molecule has 0 bridgehead atoms. The molecule has 2 aromatic heterocycles. The first kappa shape index (κ1) is 13.9. The topological polar surface area (TPSA) is 97.4 Å². The van der Waals surface area contributed by atoms with Gasteiger partial charge in [0.1, 0.15) is 17.4 Å². The third kappa shape index (κ3) is 2.87. The van der Waals surface area contributed by atoms with Gasteiger partial charge < -0.3 is 14.8 Å². The van der Waals surface area contributed by atoms with Gasteiger partial charge in [-0.1, -0.05) is 0 Å². The van der Waals surface area contributed by atoms with Crippen LogP contribution in [0.15, 0.2) is 29.0 Å². The van der Waals surface area contributed by atoms with Gasteiger partial charge in [0.2, 0.25) is 5.91 Å². The second-order valence-corrected chi connectivity index (χ2v) is 4.39. The molecular formula is C13H15N3O4. The molecule has 0 aliphatic carbocycles. The fourth-order valence-electron chi connectivity index (χ4n) is 1.75. The van der Waals surface area contributed by atoms with Crippen molar-refractivity contribution in [3.05, 3.63) is 41.6 Å². The molecule has 7 nitrogen and oxygen atoms in total. The molecule has 1 amide bonds. The number of carboxylic acid groups (broad SMARTS) is 1. The molecule has 106 valence electrons. The number of carboxylic acids is 1. The van der Waals surface area contributed by atoms with Crippen LogP contribution in [0.1, 0.15) is 34.8 Å². The number of carbonyl (C=O) groups excluding carboxylic acids is 1. The third-order valence-corrected chi connectivity index (χ3v) is 2.94. The number of aryl methyl sites for hydroxylation is 1. The zero-order chi connectivity index (χ0) is 14.7. The van der Waals surface area contributed by atoms with Gasteiger partial charge >= 0.3 is 5.97 Å². The highest BCUT2D eigenvalue weighted by Gasteiger charge is 2.19. The van der Waals surface area contributed by atoms with Crippen molar-refractivity contribution in [3.63, 3.8) is 0 Å². The van der Waals surface area contributed by atoms with E-state index in [-0.39, 0.29) is 18.0 Å². The van der Waals surface area contributed by atoms with Crippen LogP contribution < -0.4 is 5.32 Å². The summed E-state index contributed by atoms with van der Waals surface area (Å²) in [5.74, 6) is -0.675. The molecule has 7 heteroatoms. The second-order valence-electron chi connectivity index (χ2n) is 4.39.